The number of amides is 1. The number of carbonyl (C=O) groups is 2. The molecule has 1 heterocycles. The van der Waals surface area contributed by atoms with Crippen molar-refractivity contribution in [2.24, 2.45) is 5.41 Å². The molecule has 5 heteroatoms. The van der Waals surface area contributed by atoms with E-state index in [2.05, 4.69) is 0 Å². The van der Waals surface area contributed by atoms with E-state index in [1.807, 2.05) is 20.8 Å². The first-order chi connectivity index (χ1) is 6.80. The second-order valence-electron chi connectivity index (χ2n) is 4.80. The van der Waals surface area contributed by atoms with Crippen molar-refractivity contribution in [1.29, 1.82) is 0 Å². The van der Waals surface area contributed by atoms with Crippen LogP contribution in [0.25, 0.3) is 0 Å². The molecule has 0 aliphatic carbocycles. The maximum Gasteiger partial charge on any atom is 0.305 e. The van der Waals surface area contributed by atoms with Gasteiger partial charge < -0.3 is 5.11 Å². The average Bonchev–Trinajstić information content (AvgIpc) is 2.42. The van der Waals surface area contributed by atoms with Gasteiger partial charge in [-0.2, -0.15) is 0 Å². The van der Waals surface area contributed by atoms with Gasteiger partial charge in [-0.15, -0.1) is 0 Å². The van der Waals surface area contributed by atoms with Gasteiger partial charge in [0.15, 0.2) is 0 Å². The molecule has 1 atom stereocenters. The molecule has 1 fully saturated rings. The van der Waals surface area contributed by atoms with E-state index >= 15 is 0 Å². The number of nitrogens with zero attached hydrogens (tertiary/aromatic N) is 1. The van der Waals surface area contributed by atoms with Crippen LogP contribution in [-0.4, -0.2) is 34.7 Å². The Morgan fingerprint density at radius 1 is 1.60 bits per heavy atom. The first kappa shape index (κ1) is 12.0. The summed E-state index contributed by atoms with van der Waals surface area (Å²) >= 11 is 0. The van der Waals surface area contributed by atoms with E-state index in [4.69, 9.17) is 9.94 Å². The third-order valence-electron chi connectivity index (χ3n) is 2.39. The SMILES string of the molecule is CC(C)(C)C1CC(=O)N(CCC(=O)O)O1. The van der Waals surface area contributed by atoms with Gasteiger partial charge in [-0.3, -0.25) is 14.4 Å². The molecule has 0 saturated carbocycles. The molecule has 15 heavy (non-hydrogen) atoms. The fourth-order valence-electron chi connectivity index (χ4n) is 1.35. The molecule has 0 bridgehead atoms. The number of carboxylic acids is 1. The molecule has 0 aromatic rings. The third kappa shape index (κ3) is 3.20. The van der Waals surface area contributed by atoms with Gasteiger partial charge in [0.2, 0.25) is 5.91 Å². The van der Waals surface area contributed by atoms with Gasteiger partial charge in [0, 0.05) is 0 Å². The van der Waals surface area contributed by atoms with Crippen molar-refractivity contribution in [1.82, 2.24) is 5.06 Å². The lowest BCUT2D eigenvalue weighted by Gasteiger charge is -2.25. The zero-order valence-corrected chi connectivity index (χ0v) is 9.32. The Kier molecular flexibility index (Phi) is 3.34. The Hall–Kier alpha value is -1.10. The molecule has 1 N–H and O–H groups in total. The quantitative estimate of drug-likeness (QED) is 0.763. The molecule has 86 valence electrons. The molecule has 0 aromatic heterocycles. The molecule has 0 spiro atoms. The lowest BCUT2D eigenvalue weighted by atomic mass is 9.87. The third-order valence-corrected chi connectivity index (χ3v) is 2.39. The Labute approximate surface area is 89.0 Å². The van der Waals surface area contributed by atoms with E-state index < -0.39 is 5.97 Å². The molecule has 1 aliphatic rings. The van der Waals surface area contributed by atoms with Crippen LogP contribution in [0.4, 0.5) is 0 Å². The summed E-state index contributed by atoms with van der Waals surface area (Å²) in [6.07, 6.45) is 0.102. The number of hydrogen-bond acceptors (Lipinski definition) is 3. The zero-order valence-electron chi connectivity index (χ0n) is 9.32. The highest BCUT2D eigenvalue weighted by molar-refractivity contribution is 5.78. The molecular weight excluding hydrogens is 198 g/mol. The topological polar surface area (TPSA) is 66.8 Å². The van der Waals surface area contributed by atoms with Crippen molar-refractivity contribution in [2.75, 3.05) is 6.54 Å². The van der Waals surface area contributed by atoms with Gasteiger partial charge in [-0.1, -0.05) is 20.8 Å². The standard InChI is InChI=1S/C10H17NO4/c1-10(2,3)7-6-8(12)11(15-7)5-4-9(13)14/h7H,4-6H2,1-3H3,(H,13,14). The second kappa shape index (κ2) is 4.18. The van der Waals surface area contributed by atoms with Crippen LogP contribution in [0.15, 0.2) is 0 Å². The molecule has 5 nitrogen and oxygen atoms in total. The van der Waals surface area contributed by atoms with E-state index in [-0.39, 0.29) is 30.4 Å². The van der Waals surface area contributed by atoms with Gasteiger partial charge in [0.1, 0.15) is 0 Å². The van der Waals surface area contributed by atoms with Crippen molar-refractivity contribution >= 4 is 11.9 Å². The number of carboxylic acid groups (broad SMARTS) is 1. The van der Waals surface area contributed by atoms with Crippen molar-refractivity contribution in [3.63, 3.8) is 0 Å². The predicted molar refractivity (Wildman–Crippen MR) is 52.9 cm³/mol. The highest BCUT2D eigenvalue weighted by Gasteiger charge is 2.38. The van der Waals surface area contributed by atoms with Gasteiger partial charge in [-0.25, -0.2) is 5.06 Å². The number of carbonyl (C=O) groups excluding carboxylic acids is 1. The maximum atomic E-state index is 11.5. The lowest BCUT2D eigenvalue weighted by molar-refractivity contribution is -0.186. The highest BCUT2D eigenvalue weighted by Crippen LogP contribution is 2.30. The number of rotatable bonds is 3. The Bertz CT molecular complexity index is 269. The van der Waals surface area contributed by atoms with E-state index in [1.54, 1.807) is 0 Å². The smallest absolute Gasteiger partial charge is 0.305 e. The molecule has 1 amide bonds. The average molecular weight is 215 g/mol. The highest BCUT2D eigenvalue weighted by atomic mass is 16.7. The molecule has 1 rings (SSSR count). The van der Waals surface area contributed by atoms with Crippen LogP contribution in [0, 0.1) is 5.41 Å². The lowest BCUT2D eigenvalue weighted by Crippen LogP contribution is -2.30. The van der Waals surface area contributed by atoms with Crippen LogP contribution in [0.5, 0.6) is 0 Å². The second-order valence-corrected chi connectivity index (χ2v) is 4.80. The maximum absolute atomic E-state index is 11.5. The Morgan fingerprint density at radius 3 is 2.60 bits per heavy atom. The van der Waals surface area contributed by atoms with Crippen LogP contribution in [0.2, 0.25) is 0 Å². The molecule has 0 radical (unpaired) electrons. The molecule has 1 unspecified atom stereocenters. The number of hydrogen-bond donors (Lipinski definition) is 1. The first-order valence-corrected chi connectivity index (χ1v) is 4.99. The van der Waals surface area contributed by atoms with Gasteiger partial charge in [-0.05, 0) is 5.41 Å². The van der Waals surface area contributed by atoms with Crippen molar-refractivity contribution in [3.05, 3.63) is 0 Å². The number of hydroxylamine groups is 2. The van der Waals surface area contributed by atoms with Crippen LogP contribution in [-0.2, 0) is 14.4 Å². The monoisotopic (exact) mass is 215 g/mol. The normalized spacial score (nSPS) is 22.2. The van der Waals surface area contributed by atoms with E-state index in [0.717, 1.165) is 0 Å². The summed E-state index contributed by atoms with van der Waals surface area (Å²) in [5.74, 6) is -1.05. The van der Waals surface area contributed by atoms with Crippen molar-refractivity contribution < 1.29 is 19.5 Å². The predicted octanol–water partition coefficient (Wildman–Crippen LogP) is 1.04. The summed E-state index contributed by atoms with van der Waals surface area (Å²) in [4.78, 5) is 27.2. The fraction of sp³-hybridized carbons (Fsp3) is 0.800. The minimum Gasteiger partial charge on any atom is -0.481 e. The minimum atomic E-state index is -0.925. The van der Waals surface area contributed by atoms with Crippen LogP contribution >= 0.6 is 0 Å². The Balaban J connectivity index is 2.50. The summed E-state index contributed by atoms with van der Waals surface area (Å²) in [6.45, 7) is 6.10. The zero-order chi connectivity index (χ0) is 11.6. The van der Waals surface area contributed by atoms with Crippen LogP contribution in [0.3, 0.4) is 0 Å². The summed E-state index contributed by atoms with van der Waals surface area (Å²) < 4.78 is 0. The van der Waals surface area contributed by atoms with Crippen LogP contribution in [0.1, 0.15) is 33.6 Å². The van der Waals surface area contributed by atoms with Crippen LogP contribution < -0.4 is 0 Å². The van der Waals surface area contributed by atoms with Gasteiger partial charge in [0.25, 0.3) is 0 Å². The van der Waals surface area contributed by atoms with E-state index in [1.165, 1.54) is 5.06 Å². The van der Waals surface area contributed by atoms with Gasteiger partial charge >= 0.3 is 5.97 Å². The Morgan fingerprint density at radius 2 is 2.20 bits per heavy atom. The molecule has 1 saturated heterocycles. The summed E-state index contributed by atoms with van der Waals surface area (Å²) in [5, 5.41) is 9.66. The fourth-order valence-corrected chi connectivity index (χ4v) is 1.35. The first-order valence-electron chi connectivity index (χ1n) is 4.99. The molecule has 1 aliphatic heterocycles. The summed E-state index contributed by atoms with van der Waals surface area (Å²) in [7, 11) is 0. The molecular formula is C10H17NO4. The summed E-state index contributed by atoms with van der Waals surface area (Å²) in [6, 6.07) is 0. The van der Waals surface area contributed by atoms with Crippen molar-refractivity contribution in [3.8, 4) is 0 Å². The van der Waals surface area contributed by atoms with Crippen molar-refractivity contribution in [2.45, 2.75) is 39.7 Å². The van der Waals surface area contributed by atoms with Gasteiger partial charge in [0.05, 0.1) is 25.5 Å². The minimum absolute atomic E-state index is 0.0808. The number of aliphatic carboxylic acids is 1. The largest absolute Gasteiger partial charge is 0.481 e. The summed E-state index contributed by atoms with van der Waals surface area (Å²) in [5.41, 5.74) is -0.104. The van der Waals surface area contributed by atoms with E-state index in [0.29, 0.717) is 6.42 Å². The van der Waals surface area contributed by atoms with E-state index in [9.17, 15) is 9.59 Å². The molecule has 0 aromatic carbocycles.